The van der Waals surface area contributed by atoms with Gasteiger partial charge in [-0.05, 0) is 30.9 Å². The molecule has 1 fully saturated rings. The lowest BCUT2D eigenvalue weighted by molar-refractivity contribution is -0.141. The van der Waals surface area contributed by atoms with E-state index < -0.39 is 6.10 Å². The summed E-state index contributed by atoms with van der Waals surface area (Å²) in [5, 5.41) is 9.83. The van der Waals surface area contributed by atoms with Crippen LogP contribution in [0.3, 0.4) is 0 Å². The van der Waals surface area contributed by atoms with Crippen LogP contribution in [0.2, 0.25) is 0 Å². The van der Waals surface area contributed by atoms with E-state index in [4.69, 9.17) is 14.2 Å². The van der Waals surface area contributed by atoms with E-state index in [1.165, 1.54) is 7.11 Å². The minimum Gasteiger partial charge on any atom is -0.469 e. The van der Waals surface area contributed by atoms with Gasteiger partial charge in [0.2, 0.25) is 0 Å². The molecule has 2 unspecified atom stereocenters. The fourth-order valence-corrected chi connectivity index (χ4v) is 3.25. The van der Waals surface area contributed by atoms with Gasteiger partial charge < -0.3 is 19.3 Å². The van der Waals surface area contributed by atoms with E-state index in [1.807, 2.05) is 6.92 Å². The molecule has 1 aliphatic carbocycles. The lowest BCUT2D eigenvalue weighted by Gasteiger charge is -2.17. The topological polar surface area (TPSA) is 65.0 Å². The highest BCUT2D eigenvalue weighted by atomic mass is 32.2. The maximum Gasteiger partial charge on any atom is 0.306 e. The van der Waals surface area contributed by atoms with Crippen LogP contribution in [0.5, 0.6) is 0 Å². The highest BCUT2D eigenvalue weighted by Gasteiger charge is 2.44. The van der Waals surface area contributed by atoms with Crippen LogP contribution < -0.4 is 0 Å². The van der Waals surface area contributed by atoms with Crippen LogP contribution in [0.4, 0.5) is 0 Å². The van der Waals surface area contributed by atoms with Crippen LogP contribution in [0, 0.1) is 5.41 Å². The Balaban J connectivity index is 2.10. The summed E-state index contributed by atoms with van der Waals surface area (Å²) in [6.07, 6.45) is 2.16. The Morgan fingerprint density at radius 2 is 2.05 bits per heavy atom. The van der Waals surface area contributed by atoms with Crippen molar-refractivity contribution in [3.63, 3.8) is 0 Å². The largest absolute Gasteiger partial charge is 0.469 e. The molecule has 0 aromatic carbocycles. The Hall–Kier alpha value is -0.300. The number of methoxy groups -OCH3 is 2. The third-order valence-electron chi connectivity index (χ3n) is 3.40. The fraction of sp³-hybridized carbons (Fsp3) is 0.929. The summed E-state index contributed by atoms with van der Waals surface area (Å²) < 4.78 is 15.1. The predicted molar refractivity (Wildman–Crippen MR) is 78.9 cm³/mol. The molecule has 0 aromatic rings. The number of thioether (sulfide) groups is 1. The highest BCUT2D eigenvalue weighted by Crippen LogP contribution is 2.51. The maximum atomic E-state index is 11.3. The zero-order valence-electron chi connectivity index (χ0n) is 12.6. The predicted octanol–water partition coefficient (Wildman–Crippen LogP) is 1.48. The van der Waals surface area contributed by atoms with Gasteiger partial charge in [-0.3, -0.25) is 4.79 Å². The van der Waals surface area contributed by atoms with E-state index in [-0.39, 0.29) is 17.5 Å². The van der Waals surface area contributed by atoms with Gasteiger partial charge >= 0.3 is 5.97 Å². The number of esters is 1. The number of rotatable bonds is 11. The molecule has 2 atom stereocenters. The normalized spacial score (nSPS) is 19.4. The first-order valence-electron chi connectivity index (χ1n) is 6.94. The minimum absolute atomic E-state index is 0.00579. The first-order chi connectivity index (χ1) is 9.51. The fourth-order valence-electron chi connectivity index (χ4n) is 1.95. The van der Waals surface area contributed by atoms with Crippen molar-refractivity contribution in [2.45, 2.75) is 38.4 Å². The van der Waals surface area contributed by atoms with Gasteiger partial charge in [0.05, 0.1) is 39.0 Å². The molecule has 0 aromatic heterocycles. The van der Waals surface area contributed by atoms with Gasteiger partial charge in [0.25, 0.3) is 0 Å². The van der Waals surface area contributed by atoms with Gasteiger partial charge in [-0.15, -0.1) is 0 Å². The summed E-state index contributed by atoms with van der Waals surface area (Å²) >= 11 is 1.68. The second-order valence-corrected chi connectivity index (χ2v) is 6.55. The molecule has 0 heterocycles. The van der Waals surface area contributed by atoms with Gasteiger partial charge in [-0.2, -0.15) is 11.8 Å². The molecule has 0 spiro atoms. The molecule has 20 heavy (non-hydrogen) atoms. The SMILES string of the molecule is COCC(C)OCC(O)CSCC1(CC(=O)OC)CC1. The smallest absolute Gasteiger partial charge is 0.306 e. The number of carbonyl (C=O) groups is 1. The Morgan fingerprint density at radius 1 is 1.35 bits per heavy atom. The Bertz CT molecular complexity index is 293. The molecular weight excluding hydrogens is 280 g/mol. The van der Waals surface area contributed by atoms with E-state index in [9.17, 15) is 9.90 Å². The molecule has 118 valence electrons. The molecule has 1 saturated carbocycles. The minimum atomic E-state index is -0.478. The molecule has 1 N–H and O–H groups in total. The summed E-state index contributed by atoms with van der Waals surface area (Å²) in [5.41, 5.74) is 0.113. The molecule has 1 rings (SSSR count). The summed E-state index contributed by atoms with van der Waals surface area (Å²) in [6, 6.07) is 0. The van der Waals surface area contributed by atoms with Crippen LogP contribution in [-0.2, 0) is 19.0 Å². The van der Waals surface area contributed by atoms with E-state index in [0.717, 1.165) is 18.6 Å². The summed E-state index contributed by atoms with van der Waals surface area (Å²) in [6.45, 7) is 2.77. The molecule has 5 nitrogen and oxygen atoms in total. The second kappa shape index (κ2) is 8.87. The first kappa shape index (κ1) is 17.8. The molecule has 0 amide bonds. The van der Waals surface area contributed by atoms with Crippen molar-refractivity contribution in [2.24, 2.45) is 5.41 Å². The number of hydrogen-bond acceptors (Lipinski definition) is 6. The average Bonchev–Trinajstić information content (AvgIpc) is 3.16. The van der Waals surface area contributed by atoms with Crippen molar-refractivity contribution in [1.29, 1.82) is 0 Å². The van der Waals surface area contributed by atoms with Crippen LogP contribution in [-0.4, -0.2) is 62.2 Å². The lowest BCUT2D eigenvalue weighted by Crippen LogP contribution is -2.25. The Kier molecular flexibility index (Phi) is 7.87. The summed E-state index contributed by atoms with van der Waals surface area (Å²) in [5.74, 6) is 1.38. The average molecular weight is 306 g/mol. The molecule has 0 bridgehead atoms. The van der Waals surface area contributed by atoms with Gasteiger partial charge in [0, 0.05) is 12.9 Å². The standard InChI is InChI=1S/C14H26O5S/c1-11(7-17-2)19-8-12(15)9-20-10-14(4-5-14)6-13(16)18-3/h11-12,15H,4-10H2,1-3H3. The van der Waals surface area contributed by atoms with E-state index in [0.29, 0.717) is 25.4 Å². The van der Waals surface area contributed by atoms with Gasteiger partial charge in [-0.25, -0.2) is 0 Å². The summed E-state index contributed by atoms with van der Waals surface area (Å²) in [7, 11) is 3.05. The van der Waals surface area contributed by atoms with E-state index in [2.05, 4.69) is 0 Å². The molecule has 0 saturated heterocycles. The quantitative estimate of drug-likeness (QED) is 0.583. The molecular formula is C14H26O5S. The first-order valence-corrected chi connectivity index (χ1v) is 8.10. The van der Waals surface area contributed by atoms with Crippen molar-refractivity contribution < 1.29 is 24.1 Å². The van der Waals surface area contributed by atoms with Crippen molar-refractivity contribution in [1.82, 2.24) is 0 Å². The van der Waals surface area contributed by atoms with Crippen molar-refractivity contribution in [3.05, 3.63) is 0 Å². The maximum absolute atomic E-state index is 11.3. The van der Waals surface area contributed by atoms with Gasteiger partial charge in [-0.1, -0.05) is 0 Å². The van der Waals surface area contributed by atoms with Crippen LogP contribution in [0.25, 0.3) is 0 Å². The molecule has 6 heteroatoms. The van der Waals surface area contributed by atoms with Crippen LogP contribution in [0.1, 0.15) is 26.2 Å². The van der Waals surface area contributed by atoms with Gasteiger partial charge in [0.15, 0.2) is 0 Å². The van der Waals surface area contributed by atoms with Gasteiger partial charge in [0.1, 0.15) is 0 Å². The van der Waals surface area contributed by atoms with Crippen LogP contribution >= 0.6 is 11.8 Å². The Morgan fingerprint density at radius 3 is 2.60 bits per heavy atom. The molecule has 1 aliphatic rings. The van der Waals surface area contributed by atoms with Crippen molar-refractivity contribution in [2.75, 3.05) is 38.9 Å². The monoisotopic (exact) mass is 306 g/mol. The zero-order chi connectivity index (χ0) is 15.0. The van der Waals surface area contributed by atoms with Crippen molar-refractivity contribution >= 4 is 17.7 Å². The number of ether oxygens (including phenoxy) is 3. The third-order valence-corrected chi connectivity index (χ3v) is 4.83. The second-order valence-electron chi connectivity index (χ2n) is 5.52. The third kappa shape index (κ3) is 6.92. The summed E-state index contributed by atoms with van der Waals surface area (Å²) in [4.78, 5) is 11.3. The highest BCUT2D eigenvalue weighted by molar-refractivity contribution is 7.99. The number of aliphatic hydroxyl groups excluding tert-OH is 1. The van der Waals surface area contributed by atoms with Crippen molar-refractivity contribution in [3.8, 4) is 0 Å². The lowest BCUT2D eigenvalue weighted by atomic mass is 10.1. The number of carbonyl (C=O) groups excluding carboxylic acids is 1. The zero-order valence-corrected chi connectivity index (χ0v) is 13.4. The number of hydrogen-bond donors (Lipinski definition) is 1. The van der Waals surface area contributed by atoms with E-state index in [1.54, 1.807) is 18.9 Å². The molecule has 0 radical (unpaired) electrons. The van der Waals surface area contributed by atoms with E-state index >= 15 is 0 Å². The Labute approximate surface area is 125 Å². The van der Waals surface area contributed by atoms with Crippen LogP contribution in [0.15, 0.2) is 0 Å². The molecule has 0 aliphatic heterocycles. The number of aliphatic hydroxyl groups is 1.